The Bertz CT molecular complexity index is 977. The third-order valence-corrected chi connectivity index (χ3v) is 5.07. The van der Waals surface area contributed by atoms with Crippen LogP contribution in [0.3, 0.4) is 0 Å². The number of halogens is 2. The first-order valence-corrected chi connectivity index (χ1v) is 9.12. The highest BCUT2D eigenvalue weighted by Crippen LogP contribution is 2.36. The fourth-order valence-corrected chi connectivity index (χ4v) is 3.64. The number of hydrogen-bond donors (Lipinski definition) is 1. The zero-order valence-corrected chi connectivity index (χ0v) is 16.2. The summed E-state index contributed by atoms with van der Waals surface area (Å²) in [6.45, 7) is 0. The molecule has 0 aliphatic heterocycles. The molecule has 0 bridgehead atoms. The van der Waals surface area contributed by atoms with Gasteiger partial charge in [-0.1, -0.05) is 23.7 Å². The van der Waals surface area contributed by atoms with Gasteiger partial charge in [0.1, 0.15) is 22.3 Å². The molecule has 1 N–H and O–H groups in total. The lowest BCUT2D eigenvalue weighted by Crippen LogP contribution is -2.14. The van der Waals surface area contributed by atoms with Crippen molar-refractivity contribution in [2.24, 2.45) is 0 Å². The Kier molecular flexibility index (Phi) is 5.93. The van der Waals surface area contributed by atoms with Crippen molar-refractivity contribution in [3.63, 3.8) is 0 Å². The lowest BCUT2D eigenvalue weighted by atomic mass is 10.2. The van der Waals surface area contributed by atoms with Crippen molar-refractivity contribution in [1.29, 1.82) is 0 Å². The van der Waals surface area contributed by atoms with Crippen LogP contribution in [0, 0.1) is 5.82 Å². The van der Waals surface area contributed by atoms with Crippen LogP contribution in [0.25, 0.3) is 10.6 Å². The van der Waals surface area contributed by atoms with Crippen LogP contribution in [0.1, 0.15) is 4.88 Å². The molecule has 2 aromatic carbocycles. The molecule has 1 aromatic heterocycles. The molecule has 0 atom stereocenters. The van der Waals surface area contributed by atoms with Gasteiger partial charge in [-0.15, -0.1) is 11.3 Å². The van der Waals surface area contributed by atoms with Crippen molar-refractivity contribution in [2.45, 2.75) is 6.42 Å². The molecule has 1 amide bonds. The minimum atomic E-state index is -0.347. The van der Waals surface area contributed by atoms with E-state index in [4.69, 9.17) is 21.1 Å². The van der Waals surface area contributed by atoms with Gasteiger partial charge in [-0.2, -0.15) is 0 Å². The monoisotopic (exact) mass is 406 g/mol. The summed E-state index contributed by atoms with van der Waals surface area (Å²) in [5, 5.41) is 3.65. The van der Waals surface area contributed by atoms with Crippen molar-refractivity contribution >= 4 is 34.5 Å². The lowest BCUT2D eigenvalue weighted by molar-refractivity contribution is -0.115. The summed E-state index contributed by atoms with van der Waals surface area (Å²) in [5.74, 6) is 0.267. The lowest BCUT2D eigenvalue weighted by Gasteiger charge is -2.12. The third-order valence-electron chi connectivity index (χ3n) is 3.74. The van der Waals surface area contributed by atoms with Crippen LogP contribution in [0.15, 0.2) is 42.6 Å². The van der Waals surface area contributed by atoms with E-state index in [1.165, 1.54) is 31.6 Å². The summed E-state index contributed by atoms with van der Waals surface area (Å²) >= 11 is 7.38. The van der Waals surface area contributed by atoms with E-state index < -0.39 is 0 Å². The number of ether oxygens (including phenoxy) is 2. The fraction of sp³-hybridized carbons (Fsp3) is 0.158. The second-order valence-corrected chi connectivity index (χ2v) is 7.05. The normalized spacial score (nSPS) is 10.5. The van der Waals surface area contributed by atoms with Gasteiger partial charge in [-0.3, -0.25) is 4.79 Å². The van der Waals surface area contributed by atoms with E-state index in [0.29, 0.717) is 37.7 Å². The molecule has 27 heavy (non-hydrogen) atoms. The molecule has 0 aliphatic rings. The number of benzene rings is 2. The minimum Gasteiger partial charge on any atom is -0.495 e. The van der Waals surface area contributed by atoms with E-state index in [-0.39, 0.29) is 18.1 Å². The van der Waals surface area contributed by atoms with Gasteiger partial charge in [0, 0.05) is 22.7 Å². The first kappa shape index (κ1) is 19.1. The van der Waals surface area contributed by atoms with Gasteiger partial charge in [-0.05, 0) is 18.2 Å². The third kappa shape index (κ3) is 4.37. The Morgan fingerprint density at radius 2 is 1.96 bits per heavy atom. The Balaban J connectivity index is 1.74. The summed E-state index contributed by atoms with van der Waals surface area (Å²) < 4.78 is 24.3. The number of hydrogen-bond acceptors (Lipinski definition) is 5. The maximum Gasteiger partial charge on any atom is 0.229 e. The molecule has 5 nitrogen and oxygen atoms in total. The Hall–Kier alpha value is -2.64. The maximum absolute atomic E-state index is 13.9. The van der Waals surface area contributed by atoms with Crippen LogP contribution in [-0.4, -0.2) is 25.1 Å². The van der Waals surface area contributed by atoms with Crippen LogP contribution in [0.4, 0.5) is 10.1 Å². The second-order valence-electron chi connectivity index (χ2n) is 5.52. The number of thiazole rings is 1. The number of aromatic nitrogens is 1. The molecule has 0 spiro atoms. The highest BCUT2D eigenvalue weighted by molar-refractivity contribution is 7.15. The zero-order valence-electron chi connectivity index (χ0n) is 14.6. The quantitative estimate of drug-likeness (QED) is 0.638. The van der Waals surface area contributed by atoms with Crippen molar-refractivity contribution in [3.8, 4) is 22.1 Å². The fourth-order valence-electron chi connectivity index (χ4n) is 2.46. The van der Waals surface area contributed by atoms with Crippen molar-refractivity contribution in [1.82, 2.24) is 4.98 Å². The van der Waals surface area contributed by atoms with E-state index >= 15 is 0 Å². The maximum atomic E-state index is 13.9. The molecule has 0 aliphatic carbocycles. The predicted octanol–water partition coefficient (Wildman–Crippen LogP) is 4.80. The molecule has 3 rings (SSSR count). The summed E-state index contributed by atoms with van der Waals surface area (Å²) in [7, 11) is 2.98. The largest absolute Gasteiger partial charge is 0.495 e. The average molecular weight is 407 g/mol. The molecule has 0 radical (unpaired) electrons. The van der Waals surface area contributed by atoms with Crippen molar-refractivity contribution < 1.29 is 18.7 Å². The van der Waals surface area contributed by atoms with Crippen molar-refractivity contribution in [3.05, 3.63) is 58.3 Å². The highest BCUT2D eigenvalue weighted by Gasteiger charge is 2.15. The van der Waals surface area contributed by atoms with Gasteiger partial charge < -0.3 is 14.8 Å². The van der Waals surface area contributed by atoms with Crippen LogP contribution in [0.2, 0.25) is 5.02 Å². The Labute approximate surface area is 164 Å². The van der Waals surface area contributed by atoms with Gasteiger partial charge in [0.05, 0.1) is 31.4 Å². The van der Waals surface area contributed by atoms with Crippen molar-refractivity contribution in [2.75, 3.05) is 19.5 Å². The summed E-state index contributed by atoms with van der Waals surface area (Å²) in [5.41, 5.74) is 0.852. The topological polar surface area (TPSA) is 60.5 Å². The first-order valence-electron chi connectivity index (χ1n) is 7.92. The standard InChI is InChI=1S/C19H16ClFN2O3S/c1-25-16-9-17(26-2)15(8-13(16)20)23-18(24)7-11-10-22-19(27-11)12-5-3-4-6-14(12)21/h3-6,8-10H,7H2,1-2H3,(H,23,24). The smallest absolute Gasteiger partial charge is 0.229 e. The molecule has 8 heteroatoms. The minimum absolute atomic E-state index is 0.0962. The molecule has 0 saturated carbocycles. The average Bonchev–Trinajstić information content (AvgIpc) is 3.10. The molecular formula is C19H16ClFN2O3S. The number of methoxy groups -OCH3 is 2. The molecule has 0 unspecified atom stereocenters. The molecule has 0 fully saturated rings. The van der Waals surface area contributed by atoms with E-state index in [9.17, 15) is 9.18 Å². The van der Waals surface area contributed by atoms with Crippen LogP contribution >= 0.6 is 22.9 Å². The molecule has 1 heterocycles. The number of nitrogens with one attached hydrogen (secondary N) is 1. The second kappa shape index (κ2) is 8.37. The summed E-state index contributed by atoms with van der Waals surface area (Å²) in [6, 6.07) is 9.56. The first-order chi connectivity index (χ1) is 13.0. The van der Waals surface area contributed by atoms with Gasteiger partial charge in [0.2, 0.25) is 5.91 Å². The van der Waals surface area contributed by atoms with E-state index in [2.05, 4.69) is 10.3 Å². The number of rotatable bonds is 6. The van der Waals surface area contributed by atoms with Gasteiger partial charge in [0.25, 0.3) is 0 Å². The number of anilines is 1. The van der Waals surface area contributed by atoms with Gasteiger partial charge in [-0.25, -0.2) is 9.37 Å². The number of carbonyl (C=O) groups is 1. The summed E-state index contributed by atoms with van der Waals surface area (Å²) in [6.07, 6.45) is 1.67. The van der Waals surface area contributed by atoms with Crippen LogP contribution in [-0.2, 0) is 11.2 Å². The van der Waals surface area contributed by atoms with E-state index in [1.807, 2.05) is 0 Å². The molecule has 140 valence electrons. The van der Waals surface area contributed by atoms with Crippen LogP contribution in [0.5, 0.6) is 11.5 Å². The predicted molar refractivity (Wildman–Crippen MR) is 104 cm³/mol. The highest BCUT2D eigenvalue weighted by atomic mass is 35.5. The number of carbonyl (C=O) groups excluding carboxylic acids is 1. The Morgan fingerprint density at radius 1 is 1.22 bits per heavy atom. The van der Waals surface area contributed by atoms with E-state index in [0.717, 1.165) is 0 Å². The molecule has 3 aromatic rings. The zero-order chi connectivity index (χ0) is 19.4. The number of nitrogens with zero attached hydrogens (tertiary/aromatic N) is 1. The summed E-state index contributed by atoms with van der Waals surface area (Å²) in [4.78, 5) is 17.3. The molecule has 0 saturated heterocycles. The van der Waals surface area contributed by atoms with Crippen LogP contribution < -0.4 is 14.8 Å². The van der Waals surface area contributed by atoms with E-state index in [1.54, 1.807) is 36.5 Å². The van der Waals surface area contributed by atoms with Gasteiger partial charge >= 0.3 is 0 Å². The SMILES string of the molecule is COc1cc(OC)c(NC(=O)Cc2cnc(-c3ccccc3F)s2)cc1Cl. The molecular weight excluding hydrogens is 391 g/mol. The number of amides is 1. The van der Waals surface area contributed by atoms with Gasteiger partial charge in [0.15, 0.2) is 0 Å². The Morgan fingerprint density at radius 3 is 2.67 bits per heavy atom.